The van der Waals surface area contributed by atoms with Crippen LogP contribution in [0.1, 0.15) is 277 Å². The first-order chi connectivity index (χ1) is 25.6. The van der Waals surface area contributed by atoms with Crippen LogP contribution in [0.4, 0.5) is 0 Å². The van der Waals surface area contributed by atoms with Gasteiger partial charge < -0.3 is 9.84 Å². The number of esters is 1. The molecule has 0 saturated heterocycles. The van der Waals surface area contributed by atoms with Crippen molar-refractivity contribution >= 4 is 11.9 Å². The van der Waals surface area contributed by atoms with Crippen LogP contribution in [-0.4, -0.2) is 23.1 Å². The number of hydrogen-bond acceptors (Lipinski definition) is 3. The second-order valence-electron chi connectivity index (χ2n) is 16.3. The molecular weight excluding hydrogens is 641 g/mol. The van der Waals surface area contributed by atoms with E-state index in [4.69, 9.17) is 9.84 Å². The van der Waals surface area contributed by atoms with Gasteiger partial charge in [-0.3, -0.25) is 9.59 Å². The fourth-order valence-corrected chi connectivity index (χ4v) is 7.48. The van der Waals surface area contributed by atoms with Gasteiger partial charge >= 0.3 is 11.9 Å². The van der Waals surface area contributed by atoms with Gasteiger partial charge in [-0.25, -0.2) is 0 Å². The Balaban J connectivity index is 3.89. The highest BCUT2D eigenvalue weighted by atomic mass is 16.5. The summed E-state index contributed by atoms with van der Waals surface area (Å²) in [5.41, 5.74) is 0. The number of carbonyl (C=O) groups excluding carboxylic acids is 1. The van der Waals surface area contributed by atoms with E-state index in [2.05, 4.69) is 26.0 Å². The van der Waals surface area contributed by atoms with Gasteiger partial charge in [0, 0.05) is 12.8 Å². The van der Waals surface area contributed by atoms with E-state index in [1.165, 1.54) is 186 Å². The highest BCUT2D eigenvalue weighted by molar-refractivity contribution is 5.69. The normalized spacial score (nSPS) is 12.2. The van der Waals surface area contributed by atoms with E-state index in [-0.39, 0.29) is 18.5 Å². The number of hydrogen-bond donors (Lipinski definition) is 1. The van der Waals surface area contributed by atoms with Gasteiger partial charge in [0.25, 0.3) is 0 Å². The Morgan fingerprint density at radius 1 is 0.404 bits per heavy atom. The molecule has 0 rings (SSSR count). The molecule has 52 heavy (non-hydrogen) atoms. The van der Waals surface area contributed by atoms with Crippen molar-refractivity contribution in [3.05, 3.63) is 12.2 Å². The van der Waals surface area contributed by atoms with Gasteiger partial charge in [0.05, 0.1) is 0 Å². The number of carboxylic acid groups (broad SMARTS) is 1. The number of carbonyl (C=O) groups is 2. The van der Waals surface area contributed by atoms with Gasteiger partial charge in [0.15, 0.2) is 0 Å². The molecule has 4 nitrogen and oxygen atoms in total. The minimum atomic E-state index is -0.696. The smallest absolute Gasteiger partial charge is 0.306 e. The first-order valence-electron chi connectivity index (χ1n) is 23.7. The maximum absolute atomic E-state index is 12.7. The van der Waals surface area contributed by atoms with Crippen LogP contribution in [-0.2, 0) is 14.3 Å². The zero-order chi connectivity index (χ0) is 37.8. The molecular formula is C48H92O4. The van der Waals surface area contributed by atoms with Crippen molar-refractivity contribution in [1.29, 1.82) is 0 Å². The zero-order valence-corrected chi connectivity index (χ0v) is 35.4. The quantitative estimate of drug-likeness (QED) is 0.0385. The van der Waals surface area contributed by atoms with Gasteiger partial charge in [-0.05, 0) is 64.2 Å². The topological polar surface area (TPSA) is 63.6 Å². The molecule has 1 unspecified atom stereocenters. The molecule has 0 fully saturated rings. The molecule has 0 aromatic carbocycles. The van der Waals surface area contributed by atoms with Gasteiger partial charge in [0.1, 0.15) is 6.10 Å². The summed E-state index contributed by atoms with van der Waals surface area (Å²) >= 11 is 0. The number of aliphatic carboxylic acids is 1. The molecule has 0 aromatic rings. The second kappa shape index (κ2) is 44.1. The van der Waals surface area contributed by atoms with Crippen LogP contribution in [0.25, 0.3) is 0 Å². The highest BCUT2D eigenvalue weighted by Gasteiger charge is 2.14. The van der Waals surface area contributed by atoms with Crippen molar-refractivity contribution in [3.63, 3.8) is 0 Å². The molecule has 0 heterocycles. The van der Waals surface area contributed by atoms with Crippen molar-refractivity contribution in [1.82, 2.24) is 0 Å². The fourth-order valence-electron chi connectivity index (χ4n) is 7.48. The predicted molar refractivity (Wildman–Crippen MR) is 227 cm³/mol. The number of ether oxygens (including phenoxy) is 1. The van der Waals surface area contributed by atoms with E-state index in [1.807, 2.05) is 0 Å². The molecule has 0 aromatic heterocycles. The Labute approximate surface area is 325 Å². The van der Waals surface area contributed by atoms with Crippen LogP contribution in [0.5, 0.6) is 0 Å². The molecule has 0 aliphatic carbocycles. The van der Waals surface area contributed by atoms with E-state index in [0.717, 1.165) is 64.2 Å². The second-order valence-corrected chi connectivity index (χ2v) is 16.3. The van der Waals surface area contributed by atoms with Crippen LogP contribution in [0, 0.1) is 0 Å². The molecule has 0 amide bonds. The number of carboxylic acids is 1. The first kappa shape index (κ1) is 50.7. The summed E-state index contributed by atoms with van der Waals surface area (Å²) in [6.07, 6.45) is 55.4. The third-order valence-corrected chi connectivity index (χ3v) is 11.0. The predicted octanol–water partition coefficient (Wildman–Crippen LogP) is 16.6. The fraction of sp³-hybridized carbons (Fsp3) is 0.917. The molecule has 0 aliphatic heterocycles. The Kier molecular flexibility index (Phi) is 43.0. The van der Waals surface area contributed by atoms with Crippen LogP contribution < -0.4 is 0 Å². The van der Waals surface area contributed by atoms with Crippen molar-refractivity contribution in [2.45, 2.75) is 283 Å². The van der Waals surface area contributed by atoms with Gasteiger partial charge in [0.2, 0.25) is 0 Å². The van der Waals surface area contributed by atoms with Crippen LogP contribution in [0.2, 0.25) is 0 Å². The molecule has 1 atom stereocenters. The largest absolute Gasteiger partial charge is 0.481 e. The molecule has 1 N–H and O–H groups in total. The van der Waals surface area contributed by atoms with E-state index >= 15 is 0 Å². The van der Waals surface area contributed by atoms with Gasteiger partial charge in [-0.15, -0.1) is 0 Å². The average Bonchev–Trinajstić information content (AvgIpc) is 3.13. The van der Waals surface area contributed by atoms with Crippen LogP contribution in [0.15, 0.2) is 12.2 Å². The average molecular weight is 733 g/mol. The maximum atomic E-state index is 12.7. The first-order valence-corrected chi connectivity index (χ1v) is 23.7. The van der Waals surface area contributed by atoms with Crippen LogP contribution >= 0.6 is 0 Å². The number of allylic oxidation sites excluding steroid dienone is 2. The molecule has 0 spiro atoms. The van der Waals surface area contributed by atoms with Crippen molar-refractivity contribution in [3.8, 4) is 0 Å². The summed E-state index contributed by atoms with van der Waals surface area (Å²) in [6.45, 7) is 4.57. The minimum absolute atomic E-state index is 0.00875. The zero-order valence-electron chi connectivity index (χ0n) is 35.4. The van der Waals surface area contributed by atoms with Crippen LogP contribution in [0.3, 0.4) is 0 Å². The lowest BCUT2D eigenvalue weighted by atomic mass is 10.0. The molecule has 308 valence electrons. The van der Waals surface area contributed by atoms with Gasteiger partial charge in [-0.1, -0.05) is 212 Å². The third-order valence-electron chi connectivity index (χ3n) is 11.0. The lowest BCUT2D eigenvalue weighted by Crippen LogP contribution is -2.18. The lowest BCUT2D eigenvalue weighted by molar-refractivity contribution is -0.150. The van der Waals surface area contributed by atoms with Crippen molar-refractivity contribution in [2.75, 3.05) is 0 Å². The van der Waals surface area contributed by atoms with E-state index < -0.39 is 5.97 Å². The highest BCUT2D eigenvalue weighted by Crippen LogP contribution is 2.19. The van der Waals surface area contributed by atoms with Crippen molar-refractivity contribution in [2.24, 2.45) is 0 Å². The van der Waals surface area contributed by atoms with E-state index in [9.17, 15) is 9.59 Å². The Morgan fingerprint density at radius 2 is 0.692 bits per heavy atom. The standard InChI is InChI=1S/C48H92O4/c1-3-5-7-9-11-13-15-17-18-19-20-21-22-23-24-26-28-30-32-37-41-45-48(51)52-46(43-39-35-33-36-40-44-47(49)50)42-38-34-31-29-27-25-16-14-12-10-8-6-4-2/h17-18,46H,3-16,19-45H2,1-2H3,(H,49,50)/b18-17-. The minimum Gasteiger partial charge on any atom is -0.481 e. The number of rotatable bonds is 44. The Morgan fingerprint density at radius 3 is 1.04 bits per heavy atom. The summed E-state index contributed by atoms with van der Waals surface area (Å²) in [5, 5.41) is 8.85. The molecule has 0 aliphatic rings. The van der Waals surface area contributed by atoms with Crippen molar-refractivity contribution < 1.29 is 19.4 Å². The summed E-state index contributed by atoms with van der Waals surface area (Å²) in [6, 6.07) is 0. The Bertz CT molecular complexity index is 747. The maximum Gasteiger partial charge on any atom is 0.306 e. The molecule has 0 bridgehead atoms. The summed E-state index contributed by atoms with van der Waals surface area (Å²) in [7, 11) is 0. The van der Waals surface area contributed by atoms with Gasteiger partial charge in [-0.2, -0.15) is 0 Å². The summed E-state index contributed by atoms with van der Waals surface area (Å²) < 4.78 is 6.04. The lowest BCUT2D eigenvalue weighted by Gasteiger charge is -2.18. The monoisotopic (exact) mass is 733 g/mol. The summed E-state index contributed by atoms with van der Waals surface area (Å²) in [4.78, 5) is 23.5. The SMILES string of the molecule is CCCCCCCC/C=C\CCCCCCCCCCCCCC(=O)OC(CCCCCCCCCCCCCCC)CCCCCCCC(=O)O. The third kappa shape index (κ3) is 43.1. The molecule has 0 radical (unpaired) electrons. The Hall–Kier alpha value is -1.32. The molecule has 0 saturated carbocycles. The van der Waals surface area contributed by atoms with E-state index in [0.29, 0.717) is 6.42 Å². The molecule has 4 heteroatoms. The number of unbranched alkanes of at least 4 members (excludes halogenated alkanes) is 33. The summed E-state index contributed by atoms with van der Waals surface area (Å²) in [5.74, 6) is -0.687. The van der Waals surface area contributed by atoms with E-state index in [1.54, 1.807) is 0 Å².